The first-order valence-corrected chi connectivity index (χ1v) is 9.75. The summed E-state index contributed by atoms with van der Waals surface area (Å²) in [6, 6.07) is 0. The minimum absolute atomic E-state index is 0.593. The maximum atomic E-state index is 4.36. The zero-order chi connectivity index (χ0) is 17.1. The smallest absolute Gasteiger partial charge is 0.190 e. The van der Waals surface area contributed by atoms with E-state index in [-0.39, 0.29) is 0 Å². The summed E-state index contributed by atoms with van der Waals surface area (Å²) in [6.45, 7) is 9.47. The fourth-order valence-corrected chi connectivity index (χ4v) is 2.78. The minimum atomic E-state index is 0.593. The van der Waals surface area contributed by atoms with Crippen molar-refractivity contribution >= 4 is 17.7 Å². The highest BCUT2D eigenvalue weighted by Gasteiger charge is 2.12. The van der Waals surface area contributed by atoms with E-state index < -0.39 is 0 Å². The maximum Gasteiger partial charge on any atom is 0.190 e. The number of unbranched alkanes of at least 4 members (excludes halogenated alkanes) is 1. The molecular weight excluding hydrogens is 308 g/mol. The predicted octanol–water partition coefficient (Wildman–Crippen LogP) is 2.55. The summed E-state index contributed by atoms with van der Waals surface area (Å²) >= 11 is 1.66. The van der Waals surface area contributed by atoms with Gasteiger partial charge < -0.3 is 15.2 Å². The zero-order valence-corrected chi connectivity index (χ0v) is 16.0. The Kier molecular flexibility index (Phi) is 9.75. The molecule has 1 heterocycles. The van der Waals surface area contributed by atoms with Crippen LogP contribution in [0.25, 0.3) is 0 Å². The predicted molar refractivity (Wildman–Crippen MR) is 99.2 cm³/mol. The number of thioether (sulfide) groups is 1. The van der Waals surface area contributed by atoms with Gasteiger partial charge in [-0.05, 0) is 25.0 Å². The Morgan fingerprint density at radius 3 is 2.48 bits per heavy atom. The molecule has 0 aliphatic rings. The number of hydrogen-bond acceptors (Lipinski definition) is 4. The largest absolute Gasteiger partial charge is 0.356 e. The highest BCUT2D eigenvalue weighted by molar-refractivity contribution is 7.98. The Bertz CT molecular complexity index is 469. The van der Waals surface area contributed by atoms with Crippen molar-refractivity contribution in [2.45, 2.75) is 58.2 Å². The molecule has 0 unspecified atom stereocenters. The van der Waals surface area contributed by atoms with Crippen molar-refractivity contribution in [3.05, 3.63) is 5.82 Å². The van der Waals surface area contributed by atoms with Gasteiger partial charge in [-0.1, -0.05) is 39.0 Å². The number of guanidine groups is 1. The van der Waals surface area contributed by atoms with Crippen molar-refractivity contribution in [2.75, 3.05) is 26.4 Å². The number of aromatic nitrogens is 3. The van der Waals surface area contributed by atoms with E-state index in [0.29, 0.717) is 5.92 Å². The van der Waals surface area contributed by atoms with E-state index in [1.165, 1.54) is 6.42 Å². The van der Waals surface area contributed by atoms with Crippen LogP contribution in [0.2, 0.25) is 0 Å². The number of aliphatic imine (C=N–C) groups is 1. The van der Waals surface area contributed by atoms with Gasteiger partial charge in [0.1, 0.15) is 5.82 Å². The lowest BCUT2D eigenvalue weighted by molar-refractivity contribution is 0.477. The standard InChI is InChI=1S/C16H32N6S/c1-6-7-10-18-15(17-4)19-11-8-9-14-20-21-16(23-5)22(14)12-13(2)3/h13H,6-12H2,1-5H3,(H2,17,18,19). The van der Waals surface area contributed by atoms with Crippen molar-refractivity contribution in [2.24, 2.45) is 10.9 Å². The molecule has 7 heteroatoms. The van der Waals surface area contributed by atoms with E-state index in [9.17, 15) is 0 Å². The first-order chi connectivity index (χ1) is 11.1. The third-order valence-electron chi connectivity index (χ3n) is 3.44. The molecule has 0 spiro atoms. The summed E-state index contributed by atoms with van der Waals surface area (Å²) in [7, 11) is 1.81. The third-order valence-corrected chi connectivity index (χ3v) is 4.11. The fourth-order valence-electron chi connectivity index (χ4n) is 2.26. The number of rotatable bonds is 10. The van der Waals surface area contributed by atoms with Gasteiger partial charge in [-0.15, -0.1) is 10.2 Å². The molecule has 0 amide bonds. The van der Waals surface area contributed by atoms with Gasteiger partial charge in [-0.2, -0.15) is 0 Å². The fraction of sp³-hybridized carbons (Fsp3) is 0.812. The van der Waals surface area contributed by atoms with Gasteiger partial charge >= 0.3 is 0 Å². The number of nitrogens with one attached hydrogen (secondary N) is 2. The quantitative estimate of drug-likeness (QED) is 0.296. The number of hydrogen-bond donors (Lipinski definition) is 2. The second-order valence-corrected chi connectivity index (χ2v) is 6.76. The molecule has 0 bridgehead atoms. The van der Waals surface area contributed by atoms with E-state index in [1.807, 2.05) is 7.05 Å². The lowest BCUT2D eigenvalue weighted by atomic mass is 10.2. The monoisotopic (exact) mass is 340 g/mol. The molecule has 0 radical (unpaired) electrons. The van der Waals surface area contributed by atoms with Gasteiger partial charge in [0.2, 0.25) is 0 Å². The van der Waals surface area contributed by atoms with Crippen LogP contribution in [0.4, 0.5) is 0 Å². The molecule has 132 valence electrons. The van der Waals surface area contributed by atoms with Gasteiger partial charge in [0.05, 0.1) is 0 Å². The molecular formula is C16H32N6S. The van der Waals surface area contributed by atoms with E-state index >= 15 is 0 Å². The summed E-state index contributed by atoms with van der Waals surface area (Å²) in [5.74, 6) is 2.56. The van der Waals surface area contributed by atoms with Gasteiger partial charge in [0.25, 0.3) is 0 Å². The maximum absolute atomic E-state index is 4.36. The van der Waals surface area contributed by atoms with Crippen LogP contribution in [0.3, 0.4) is 0 Å². The van der Waals surface area contributed by atoms with Gasteiger partial charge in [-0.25, -0.2) is 0 Å². The molecule has 6 nitrogen and oxygen atoms in total. The Morgan fingerprint density at radius 1 is 1.22 bits per heavy atom. The average Bonchev–Trinajstić information content (AvgIpc) is 2.91. The lowest BCUT2D eigenvalue weighted by Gasteiger charge is -2.13. The molecule has 23 heavy (non-hydrogen) atoms. The van der Waals surface area contributed by atoms with E-state index in [0.717, 1.165) is 55.8 Å². The SMILES string of the molecule is CCCCNC(=NC)NCCCc1nnc(SC)n1CC(C)C. The molecule has 0 aliphatic heterocycles. The second-order valence-electron chi connectivity index (χ2n) is 5.99. The van der Waals surface area contributed by atoms with Crippen molar-refractivity contribution in [3.8, 4) is 0 Å². The van der Waals surface area contributed by atoms with Crippen LogP contribution in [0.15, 0.2) is 10.1 Å². The van der Waals surface area contributed by atoms with Crippen LogP contribution in [0.1, 0.15) is 45.9 Å². The molecule has 0 aromatic carbocycles. The van der Waals surface area contributed by atoms with Crippen LogP contribution in [-0.2, 0) is 13.0 Å². The molecule has 1 rings (SSSR count). The molecule has 0 atom stereocenters. The molecule has 0 fully saturated rings. The number of nitrogens with zero attached hydrogens (tertiary/aromatic N) is 4. The molecule has 1 aromatic rings. The average molecular weight is 341 g/mol. The first kappa shape index (κ1) is 19.8. The van der Waals surface area contributed by atoms with E-state index in [2.05, 4.69) is 57.4 Å². The van der Waals surface area contributed by atoms with Crippen molar-refractivity contribution < 1.29 is 0 Å². The Hall–Kier alpha value is -1.24. The second kappa shape index (κ2) is 11.3. The Morgan fingerprint density at radius 2 is 1.91 bits per heavy atom. The van der Waals surface area contributed by atoms with Crippen LogP contribution >= 0.6 is 11.8 Å². The van der Waals surface area contributed by atoms with Gasteiger partial charge in [-0.3, -0.25) is 4.99 Å². The van der Waals surface area contributed by atoms with Crippen molar-refractivity contribution in [1.29, 1.82) is 0 Å². The van der Waals surface area contributed by atoms with Crippen molar-refractivity contribution in [1.82, 2.24) is 25.4 Å². The van der Waals surface area contributed by atoms with Crippen molar-refractivity contribution in [3.63, 3.8) is 0 Å². The molecule has 0 saturated carbocycles. The van der Waals surface area contributed by atoms with Gasteiger partial charge in [0.15, 0.2) is 11.1 Å². The van der Waals surface area contributed by atoms with E-state index in [1.54, 1.807) is 11.8 Å². The molecule has 0 saturated heterocycles. The third kappa shape index (κ3) is 7.24. The first-order valence-electron chi connectivity index (χ1n) is 8.52. The Labute approximate surface area is 144 Å². The summed E-state index contributed by atoms with van der Waals surface area (Å²) in [6.07, 6.45) is 6.35. The highest BCUT2D eigenvalue weighted by atomic mass is 32.2. The normalized spacial score (nSPS) is 12.0. The molecule has 2 N–H and O–H groups in total. The van der Waals surface area contributed by atoms with Crippen LogP contribution in [0, 0.1) is 5.92 Å². The number of aryl methyl sites for hydroxylation is 1. The van der Waals surface area contributed by atoms with Gasteiger partial charge in [0, 0.05) is 33.1 Å². The summed E-state index contributed by atoms with van der Waals surface area (Å²) in [4.78, 5) is 4.24. The van der Waals surface area contributed by atoms with Crippen LogP contribution < -0.4 is 10.6 Å². The summed E-state index contributed by atoms with van der Waals surface area (Å²) in [5, 5.41) is 16.3. The lowest BCUT2D eigenvalue weighted by Crippen LogP contribution is -2.38. The zero-order valence-electron chi connectivity index (χ0n) is 15.2. The summed E-state index contributed by atoms with van der Waals surface area (Å²) in [5.41, 5.74) is 0. The van der Waals surface area contributed by atoms with E-state index in [4.69, 9.17) is 0 Å². The molecule has 0 aliphatic carbocycles. The summed E-state index contributed by atoms with van der Waals surface area (Å²) < 4.78 is 2.25. The van der Waals surface area contributed by atoms with Crippen LogP contribution in [0.5, 0.6) is 0 Å². The minimum Gasteiger partial charge on any atom is -0.356 e. The molecule has 1 aromatic heterocycles. The highest BCUT2D eigenvalue weighted by Crippen LogP contribution is 2.16. The Balaban J connectivity index is 2.42. The topological polar surface area (TPSA) is 67.1 Å². The van der Waals surface area contributed by atoms with Crippen LogP contribution in [-0.4, -0.2) is 47.1 Å².